The van der Waals surface area contributed by atoms with Gasteiger partial charge < -0.3 is 4.18 Å². The minimum absolute atomic E-state index is 0.464. The molecule has 0 bridgehead atoms. The van der Waals surface area contributed by atoms with E-state index in [0.717, 1.165) is 0 Å². The first-order chi connectivity index (χ1) is 4.52. The maximum atomic E-state index is 10.1. The van der Waals surface area contributed by atoms with Gasteiger partial charge in [0.2, 0.25) is 0 Å². The van der Waals surface area contributed by atoms with E-state index in [9.17, 15) is 18.0 Å². The molecule has 0 saturated carbocycles. The van der Waals surface area contributed by atoms with Crippen LogP contribution in [0.5, 0.6) is 0 Å². The zero-order chi connectivity index (χ0) is 8.20. The van der Waals surface area contributed by atoms with Crippen molar-refractivity contribution in [2.75, 3.05) is 0 Å². The van der Waals surface area contributed by atoms with Crippen LogP contribution < -0.4 is 0 Å². The van der Waals surface area contributed by atoms with Gasteiger partial charge >= 0.3 is 16.1 Å². The fourth-order valence-electron chi connectivity index (χ4n) is 0.168. The average molecular weight is 164 g/mol. The second-order valence-corrected chi connectivity index (χ2v) is 2.54. The molecule has 0 saturated heterocycles. The van der Waals surface area contributed by atoms with E-state index in [1.54, 1.807) is 0 Å². The molecular formula is C4H4O5S. The van der Waals surface area contributed by atoms with Gasteiger partial charge in [-0.3, -0.25) is 4.79 Å². The smallest absolute Gasteiger partial charge is 0.336 e. The summed E-state index contributed by atoms with van der Waals surface area (Å²) < 4.78 is 23.8. The lowest BCUT2D eigenvalue weighted by molar-refractivity contribution is -0.128. The zero-order valence-corrected chi connectivity index (χ0v) is 5.63. The maximum Gasteiger partial charge on any atom is 0.373 e. The highest BCUT2D eigenvalue weighted by atomic mass is 32.2. The highest BCUT2D eigenvalue weighted by Crippen LogP contribution is 1.88. The molecule has 0 amide bonds. The SMILES string of the molecule is C=CC(=O)OS(=O)(=O)C=O. The van der Waals surface area contributed by atoms with Gasteiger partial charge in [-0.05, 0) is 0 Å². The Balaban J connectivity index is 4.30. The van der Waals surface area contributed by atoms with Gasteiger partial charge in [0.1, 0.15) is 0 Å². The molecule has 0 aromatic heterocycles. The second-order valence-electron chi connectivity index (χ2n) is 1.20. The van der Waals surface area contributed by atoms with Gasteiger partial charge in [-0.1, -0.05) is 6.58 Å². The van der Waals surface area contributed by atoms with Crippen molar-refractivity contribution in [3.05, 3.63) is 12.7 Å². The Morgan fingerprint density at radius 3 is 2.30 bits per heavy atom. The van der Waals surface area contributed by atoms with Crippen LogP contribution in [0.25, 0.3) is 0 Å². The van der Waals surface area contributed by atoms with Crippen LogP contribution in [0.15, 0.2) is 12.7 Å². The minimum Gasteiger partial charge on any atom is -0.336 e. The van der Waals surface area contributed by atoms with Crippen LogP contribution in [-0.4, -0.2) is 20.0 Å². The van der Waals surface area contributed by atoms with Crippen LogP contribution in [0.2, 0.25) is 0 Å². The molecule has 0 aromatic carbocycles. The van der Waals surface area contributed by atoms with Crippen LogP contribution >= 0.6 is 0 Å². The molecule has 0 N–H and O–H groups in total. The topological polar surface area (TPSA) is 77.5 Å². The Morgan fingerprint density at radius 2 is 2.00 bits per heavy atom. The first kappa shape index (κ1) is 8.83. The molecule has 0 aliphatic rings. The third kappa shape index (κ3) is 2.98. The van der Waals surface area contributed by atoms with Crippen molar-refractivity contribution in [1.82, 2.24) is 0 Å². The van der Waals surface area contributed by atoms with Gasteiger partial charge in [-0.25, -0.2) is 4.79 Å². The van der Waals surface area contributed by atoms with Crippen molar-refractivity contribution >= 4 is 21.7 Å². The number of rotatable bonds is 3. The summed E-state index contributed by atoms with van der Waals surface area (Å²) in [5, 5.41) is 0. The van der Waals surface area contributed by atoms with Gasteiger partial charge in [-0.2, -0.15) is 8.42 Å². The molecular weight excluding hydrogens is 160 g/mol. The van der Waals surface area contributed by atoms with Gasteiger partial charge in [0, 0.05) is 6.08 Å². The molecule has 0 aliphatic heterocycles. The number of hydrogen-bond acceptors (Lipinski definition) is 5. The van der Waals surface area contributed by atoms with Crippen LogP contribution in [-0.2, 0) is 23.9 Å². The lowest BCUT2D eigenvalue weighted by Gasteiger charge is -1.92. The number of carbonyl (C=O) groups is 2. The molecule has 10 heavy (non-hydrogen) atoms. The van der Waals surface area contributed by atoms with Crippen LogP contribution in [0, 0.1) is 0 Å². The molecule has 0 fully saturated rings. The lowest BCUT2D eigenvalue weighted by atomic mass is 10.7. The first-order valence-corrected chi connectivity index (χ1v) is 3.55. The summed E-state index contributed by atoms with van der Waals surface area (Å²) in [6.45, 7) is 2.92. The van der Waals surface area contributed by atoms with E-state index < -0.39 is 21.7 Å². The Bertz CT molecular complexity index is 249. The molecule has 0 unspecified atom stereocenters. The standard InChI is InChI=1S/C4H4O5S/c1-2-4(6)9-10(7,8)3-5/h2-3H,1H2. The van der Waals surface area contributed by atoms with Gasteiger partial charge in [0.15, 0.2) is 0 Å². The van der Waals surface area contributed by atoms with Gasteiger partial charge in [0.05, 0.1) is 0 Å². The highest BCUT2D eigenvalue weighted by Gasteiger charge is 2.11. The normalized spacial score (nSPS) is 10.0. The molecule has 0 radical (unpaired) electrons. The highest BCUT2D eigenvalue weighted by molar-refractivity contribution is 8.00. The lowest BCUT2D eigenvalue weighted by Crippen LogP contribution is -2.10. The van der Waals surface area contributed by atoms with Gasteiger partial charge in [-0.15, -0.1) is 0 Å². The second kappa shape index (κ2) is 3.11. The Kier molecular flexibility index (Phi) is 2.75. The van der Waals surface area contributed by atoms with Crippen LogP contribution in [0.3, 0.4) is 0 Å². The van der Waals surface area contributed by atoms with E-state index in [4.69, 9.17) is 0 Å². The fraction of sp³-hybridized carbons (Fsp3) is 0. The molecule has 6 heteroatoms. The first-order valence-electron chi connectivity index (χ1n) is 2.08. The van der Waals surface area contributed by atoms with E-state index in [1.807, 2.05) is 0 Å². The predicted octanol–water partition coefficient (Wildman–Crippen LogP) is -0.764. The van der Waals surface area contributed by atoms with Crippen LogP contribution in [0.4, 0.5) is 0 Å². The van der Waals surface area contributed by atoms with Crippen molar-refractivity contribution in [3.63, 3.8) is 0 Å². The Hall–Kier alpha value is -1.17. The Labute approximate surface area is 57.4 Å². The van der Waals surface area contributed by atoms with Crippen molar-refractivity contribution in [1.29, 1.82) is 0 Å². The zero-order valence-electron chi connectivity index (χ0n) is 4.81. The summed E-state index contributed by atoms with van der Waals surface area (Å²) >= 11 is 0. The summed E-state index contributed by atoms with van der Waals surface area (Å²) in [6, 6.07) is 0. The van der Waals surface area contributed by atoms with E-state index in [2.05, 4.69) is 10.8 Å². The molecule has 0 aromatic rings. The third-order valence-corrected chi connectivity index (χ3v) is 1.12. The van der Waals surface area contributed by atoms with Crippen molar-refractivity contribution in [2.45, 2.75) is 0 Å². The Morgan fingerprint density at radius 1 is 1.50 bits per heavy atom. The van der Waals surface area contributed by atoms with E-state index in [1.165, 1.54) is 0 Å². The maximum absolute atomic E-state index is 10.1. The summed E-state index contributed by atoms with van der Waals surface area (Å²) in [5.74, 6) is -1.17. The van der Waals surface area contributed by atoms with Crippen molar-refractivity contribution in [3.8, 4) is 0 Å². The van der Waals surface area contributed by atoms with Gasteiger partial charge in [0.25, 0.3) is 5.62 Å². The van der Waals surface area contributed by atoms with Crippen LogP contribution in [0.1, 0.15) is 0 Å². The van der Waals surface area contributed by atoms with E-state index in [-0.39, 0.29) is 0 Å². The summed E-state index contributed by atoms with van der Waals surface area (Å²) in [6.07, 6.45) is 0.640. The fourth-order valence-corrected chi connectivity index (χ4v) is 0.504. The number of carbonyl (C=O) groups excluding carboxylic acids is 2. The molecule has 0 heterocycles. The molecule has 5 nitrogen and oxygen atoms in total. The van der Waals surface area contributed by atoms with Crippen molar-refractivity contribution < 1.29 is 22.2 Å². The largest absolute Gasteiger partial charge is 0.373 e. The predicted molar refractivity (Wildman–Crippen MR) is 32.0 cm³/mol. The summed E-state index contributed by atoms with van der Waals surface area (Å²) in [5.41, 5.74) is -0.464. The molecule has 0 rings (SSSR count). The molecule has 56 valence electrons. The van der Waals surface area contributed by atoms with E-state index >= 15 is 0 Å². The molecule has 0 aliphatic carbocycles. The van der Waals surface area contributed by atoms with E-state index in [0.29, 0.717) is 6.08 Å². The monoisotopic (exact) mass is 164 g/mol. The summed E-state index contributed by atoms with van der Waals surface area (Å²) in [4.78, 5) is 19.7. The average Bonchev–Trinajstić information content (AvgIpc) is 1.87. The summed E-state index contributed by atoms with van der Waals surface area (Å²) in [7, 11) is -4.33. The minimum atomic E-state index is -4.33. The quantitative estimate of drug-likeness (QED) is 0.311. The van der Waals surface area contributed by atoms with Crippen molar-refractivity contribution in [2.24, 2.45) is 0 Å². The number of hydrogen-bond donors (Lipinski definition) is 0. The third-order valence-electron chi connectivity index (χ3n) is 0.483. The molecule has 0 spiro atoms. The molecule has 0 atom stereocenters.